The van der Waals surface area contributed by atoms with Crippen LogP contribution < -0.4 is 10.4 Å². The van der Waals surface area contributed by atoms with E-state index >= 15 is 0 Å². The molecule has 1 aromatic carbocycles. The number of hydrogen-bond donors (Lipinski definition) is 2. The standard InChI is InChI=1S/C14H14O5/c1-14(2,17)13-11(16)10-8(18-13)5-3-7-4-6-9(15)19-12(7)10/h3-6,11,13,16-17H,1-2H3/t11-,13-/m1/s1. The molecule has 1 aliphatic heterocycles. The smallest absolute Gasteiger partial charge is 0.336 e. The Morgan fingerprint density at radius 1 is 1.21 bits per heavy atom. The first-order valence-corrected chi connectivity index (χ1v) is 6.02. The molecule has 0 amide bonds. The number of aliphatic hydroxyl groups is 2. The van der Waals surface area contributed by atoms with Gasteiger partial charge in [-0.25, -0.2) is 4.79 Å². The highest BCUT2D eigenvalue weighted by molar-refractivity contribution is 5.83. The van der Waals surface area contributed by atoms with Crippen molar-refractivity contribution in [3.05, 3.63) is 40.2 Å². The summed E-state index contributed by atoms with van der Waals surface area (Å²) in [6, 6.07) is 6.40. The highest BCUT2D eigenvalue weighted by Gasteiger charge is 2.43. The van der Waals surface area contributed by atoms with E-state index < -0.39 is 23.4 Å². The zero-order valence-corrected chi connectivity index (χ0v) is 10.6. The lowest BCUT2D eigenvalue weighted by Crippen LogP contribution is -2.41. The zero-order valence-electron chi connectivity index (χ0n) is 10.6. The van der Waals surface area contributed by atoms with Crippen molar-refractivity contribution in [1.29, 1.82) is 0 Å². The van der Waals surface area contributed by atoms with Crippen molar-refractivity contribution < 1.29 is 19.4 Å². The summed E-state index contributed by atoms with van der Waals surface area (Å²) in [6.45, 7) is 3.12. The number of rotatable bonds is 1. The molecule has 5 nitrogen and oxygen atoms in total. The maximum atomic E-state index is 11.3. The lowest BCUT2D eigenvalue weighted by atomic mass is 9.94. The summed E-state index contributed by atoms with van der Waals surface area (Å²) >= 11 is 0. The first-order chi connectivity index (χ1) is 8.88. The average Bonchev–Trinajstić information content (AvgIpc) is 2.67. The molecule has 5 heteroatoms. The first kappa shape index (κ1) is 12.2. The number of aliphatic hydroxyl groups excluding tert-OH is 1. The fourth-order valence-corrected chi connectivity index (χ4v) is 2.40. The maximum absolute atomic E-state index is 11.3. The summed E-state index contributed by atoms with van der Waals surface area (Å²) in [5, 5.41) is 21.0. The van der Waals surface area contributed by atoms with Crippen LogP contribution >= 0.6 is 0 Å². The normalized spacial score (nSPS) is 22.3. The Hall–Kier alpha value is -1.85. The van der Waals surface area contributed by atoms with E-state index in [-0.39, 0.29) is 0 Å². The van der Waals surface area contributed by atoms with Gasteiger partial charge in [-0.2, -0.15) is 0 Å². The van der Waals surface area contributed by atoms with E-state index in [4.69, 9.17) is 9.15 Å². The predicted octanol–water partition coefficient (Wildman–Crippen LogP) is 1.36. The third kappa shape index (κ3) is 1.82. The van der Waals surface area contributed by atoms with Crippen LogP contribution in [0.25, 0.3) is 11.0 Å². The fourth-order valence-electron chi connectivity index (χ4n) is 2.40. The van der Waals surface area contributed by atoms with Crippen molar-refractivity contribution in [1.82, 2.24) is 0 Å². The van der Waals surface area contributed by atoms with Gasteiger partial charge in [-0.05, 0) is 32.0 Å². The molecule has 0 spiro atoms. The molecule has 0 fully saturated rings. The molecule has 0 saturated heterocycles. The molecule has 0 unspecified atom stereocenters. The Kier molecular flexibility index (Phi) is 2.45. The van der Waals surface area contributed by atoms with Gasteiger partial charge in [0.15, 0.2) is 6.10 Å². The molecule has 2 atom stereocenters. The van der Waals surface area contributed by atoms with Crippen LogP contribution in [-0.4, -0.2) is 21.9 Å². The van der Waals surface area contributed by atoms with E-state index in [0.717, 1.165) is 0 Å². The van der Waals surface area contributed by atoms with E-state index in [0.29, 0.717) is 22.3 Å². The van der Waals surface area contributed by atoms with Crippen LogP contribution in [0.1, 0.15) is 25.5 Å². The number of benzene rings is 1. The van der Waals surface area contributed by atoms with Crippen LogP contribution in [0.2, 0.25) is 0 Å². The van der Waals surface area contributed by atoms with Crippen LogP contribution in [-0.2, 0) is 0 Å². The third-order valence-electron chi connectivity index (χ3n) is 3.32. The highest BCUT2D eigenvalue weighted by Crippen LogP contribution is 2.43. The maximum Gasteiger partial charge on any atom is 0.336 e. The van der Waals surface area contributed by atoms with Gasteiger partial charge in [-0.1, -0.05) is 0 Å². The highest BCUT2D eigenvalue weighted by atomic mass is 16.5. The topological polar surface area (TPSA) is 79.9 Å². The van der Waals surface area contributed by atoms with Gasteiger partial charge < -0.3 is 19.4 Å². The zero-order chi connectivity index (χ0) is 13.8. The minimum Gasteiger partial charge on any atom is -0.484 e. The largest absolute Gasteiger partial charge is 0.484 e. The monoisotopic (exact) mass is 262 g/mol. The Labute approximate surface area is 109 Å². The second kappa shape index (κ2) is 3.82. The number of hydrogen-bond acceptors (Lipinski definition) is 5. The second-order valence-corrected chi connectivity index (χ2v) is 5.29. The molecule has 19 heavy (non-hydrogen) atoms. The number of ether oxygens (including phenoxy) is 1. The van der Waals surface area contributed by atoms with Crippen molar-refractivity contribution in [2.45, 2.75) is 31.7 Å². The predicted molar refractivity (Wildman–Crippen MR) is 68.2 cm³/mol. The van der Waals surface area contributed by atoms with Gasteiger partial charge in [0.2, 0.25) is 0 Å². The molecule has 100 valence electrons. The van der Waals surface area contributed by atoms with Crippen molar-refractivity contribution in [2.75, 3.05) is 0 Å². The van der Waals surface area contributed by atoms with Crippen LogP contribution in [0.15, 0.2) is 33.5 Å². The summed E-state index contributed by atoms with van der Waals surface area (Å²) in [5.41, 5.74) is -0.966. The summed E-state index contributed by atoms with van der Waals surface area (Å²) in [5.74, 6) is 0.432. The SMILES string of the molecule is CC(C)(O)[C@@H]1Oc2ccc3ccc(=O)oc3c2[C@H]1O. The summed E-state index contributed by atoms with van der Waals surface area (Å²) in [6.07, 6.45) is -1.83. The fraction of sp³-hybridized carbons (Fsp3) is 0.357. The summed E-state index contributed by atoms with van der Waals surface area (Å²) in [4.78, 5) is 11.3. The lowest BCUT2D eigenvalue weighted by Gasteiger charge is -2.27. The molecule has 1 aliphatic rings. The van der Waals surface area contributed by atoms with E-state index in [1.807, 2.05) is 0 Å². The van der Waals surface area contributed by atoms with Crippen LogP contribution in [0.3, 0.4) is 0 Å². The van der Waals surface area contributed by atoms with Gasteiger partial charge in [0.1, 0.15) is 17.4 Å². The molecule has 2 N–H and O–H groups in total. The van der Waals surface area contributed by atoms with Crippen molar-refractivity contribution in [3.8, 4) is 5.75 Å². The molecule has 0 radical (unpaired) electrons. The molecule has 2 aromatic rings. The van der Waals surface area contributed by atoms with Gasteiger partial charge >= 0.3 is 5.63 Å². The molecule has 2 heterocycles. The molecule has 0 bridgehead atoms. The van der Waals surface area contributed by atoms with E-state index in [1.54, 1.807) is 32.0 Å². The first-order valence-electron chi connectivity index (χ1n) is 6.02. The third-order valence-corrected chi connectivity index (χ3v) is 3.32. The van der Waals surface area contributed by atoms with Gasteiger partial charge in [-0.3, -0.25) is 0 Å². The average molecular weight is 262 g/mol. The van der Waals surface area contributed by atoms with E-state index in [1.165, 1.54) is 6.07 Å². The molecule has 0 saturated carbocycles. The molecule has 1 aromatic heterocycles. The van der Waals surface area contributed by atoms with Gasteiger partial charge in [-0.15, -0.1) is 0 Å². The summed E-state index contributed by atoms with van der Waals surface area (Å²) < 4.78 is 10.7. The molecule has 3 rings (SSSR count). The van der Waals surface area contributed by atoms with Gasteiger partial charge in [0, 0.05) is 11.5 Å². The number of fused-ring (bicyclic) bond motifs is 3. The van der Waals surface area contributed by atoms with E-state index in [9.17, 15) is 15.0 Å². The quantitative estimate of drug-likeness (QED) is 0.758. The Bertz CT molecular complexity index is 695. The molecular formula is C14H14O5. The minimum atomic E-state index is -1.21. The Balaban J connectivity index is 2.24. The lowest BCUT2D eigenvalue weighted by molar-refractivity contribution is -0.0761. The van der Waals surface area contributed by atoms with Crippen molar-refractivity contribution in [3.63, 3.8) is 0 Å². The Morgan fingerprint density at radius 3 is 2.58 bits per heavy atom. The van der Waals surface area contributed by atoms with Crippen molar-refractivity contribution >= 4 is 11.0 Å². The second-order valence-electron chi connectivity index (χ2n) is 5.29. The molecule has 0 aliphatic carbocycles. The minimum absolute atomic E-state index is 0.309. The molecular weight excluding hydrogens is 248 g/mol. The van der Waals surface area contributed by atoms with Crippen LogP contribution in [0, 0.1) is 0 Å². The van der Waals surface area contributed by atoms with Crippen molar-refractivity contribution in [2.24, 2.45) is 0 Å². The van der Waals surface area contributed by atoms with Crippen LogP contribution in [0.5, 0.6) is 5.75 Å². The Morgan fingerprint density at radius 2 is 1.89 bits per heavy atom. The summed E-state index contributed by atoms with van der Waals surface area (Å²) in [7, 11) is 0. The van der Waals surface area contributed by atoms with Gasteiger partial charge in [0.05, 0.1) is 11.2 Å². The van der Waals surface area contributed by atoms with Crippen LogP contribution in [0.4, 0.5) is 0 Å². The van der Waals surface area contributed by atoms with E-state index in [2.05, 4.69) is 0 Å². The van der Waals surface area contributed by atoms with Gasteiger partial charge in [0.25, 0.3) is 0 Å².